The van der Waals surface area contributed by atoms with Gasteiger partial charge in [0.15, 0.2) is 12.6 Å². The molecule has 9 heteroatoms. The first-order valence-electron chi connectivity index (χ1n) is 5.89. The summed E-state index contributed by atoms with van der Waals surface area (Å²) in [6.45, 7) is -0.516. The molecule has 0 aromatic heterocycles. The highest BCUT2D eigenvalue weighted by Crippen LogP contribution is 2.23. The summed E-state index contributed by atoms with van der Waals surface area (Å²) in [5, 5.41) is 57.0. The van der Waals surface area contributed by atoms with E-state index in [0.717, 1.165) is 0 Å². The number of hydrogen-bond donors (Lipinski definition) is 6. The first kappa shape index (κ1) is 15.0. The van der Waals surface area contributed by atoms with E-state index < -0.39 is 49.2 Å². The Morgan fingerprint density at radius 2 is 1.37 bits per heavy atom. The predicted molar refractivity (Wildman–Crippen MR) is 56.6 cm³/mol. The Morgan fingerprint density at radius 1 is 0.737 bits per heavy atom. The highest BCUT2D eigenvalue weighted by Gasteiger charge is 2.45. The largest absolute Gasteiger partial charge is 0.388 e. The molecular weight excluding hydrogens is 264 g/mol. The first-order valence-corrected chi connectivity index (χ1v) is 5.89. The van der Waals surface area contributed by atoms with E-state index in [1.165, 1.54) is 0 Å². The normalized spacial score (nSPS) is 52.1. The van der Waals surface area contributed by atoms with E-state index in [1.807, 2.05) is 0 Å². The zero-order chi connectivity index (χ0) is 14.2. The van der Waals surface area contributed by atoms with Gasteiger partial charge in [0.1, 0.15) is 36.6 Å². The molecule has 9 nitrogen and oxygen atoms in total. The average Bonchev–Trinajstić information content (AvgIpc) is 2.39. The molecule has 0 aromatic carbocycles. The molecule has 8 atom stereocenters. The molecule has 0 radical (unpaired) electrons. The standard InChI is InChI=1S/C10H18O9/c11-3-1-18-10(6(14)5(3)13)19-8-4(12)2-17-9(16)7(8)15/h3-16H,1-2H2/t3-,4-,5+,6-,7-,8+,9-,10+/m1/s1. The van der Waals surface area contributed by atoms with Gasteiger partial charge in [-0.15, -0.1) is 0 Å². The molecule has 2 heterocycles. The molecular formula is C10H18O9. The van der Waals surface area contributed by atoms with Crippen LogP contribution in [0.2, 0.25) is 0 Å². The van der Waals surface area contributed by atoms with Gasteiger partial charge in [0.25, 0.3) is 0 Å². The lowest BCUT2D eigenvalue weighted by Gasteiger charge is -2.41. The SMILES string of the molecule is O[C@@H]1[C@@H](O)[C@H](O[C@@H]2[C@@H](O)[C@H](O)OC[C@H]2O)OC[C@H]1O. The molecule has 0 amide bonds. The van der Waals surface area contributed by atoms with Gasteiger partial charge in [-0.1, -0.05) is 0 Å². The van der Waals surface area contributed by atoms with Crippen LogP contribution in [0.3, 0.4) is 0 Å². The van der Waals surface area contributed by atoms with Gasteiger partial charge in [-0.3, -0.25) is 0 Å². The van der Waals surface area contributed by atoms with Crippen LogP contribution in [0.25, 0.3) is 0 Å². The molecule has 2 saturated heterocycles. The van der Waals surface area contributed by atoms with Crippen LogP contribution in [0, 0.1) is 0 Å². The van der Waals surface area contributed by atoms with Gasteiger partial charge in [0.05, 0.1) is 13.2 Å². The molecule has 2 rings (SSSR count). The molecule has 0 saturated carbocycles. The van der Waals surface area contributed by atoms with E-state index in [4.69, 9.17) is 9.47 Å². The van der Waals surface area contributed by atoms with Gasteiger partial charge >= 0.3 is 0 Å². The van der Waals surface area contributed by atoms with Gasteiger partial charge in [-0.2, -0.15) is 0 Å². The van der Waals surface area contributed by atoms with Crippen LogP contribution < -0.4 is 0 Å². The second-order valence-corrected chi connectivity index (χ2v) is 4.63. The maximum atomic E-state index is 9.66. The summed E-state index contributed by atoms with van der Waals surface area (Å²) in [6.07, 6.45) is -11.1. The molecule has 0 aromatic rings. The summed E-state index contributed by atoms with van der Waals surface area (Å²) in [5.41, 5.74) is 0. The summed E-state index contributed by atoms with van der Waals surface area (Å²) in [5.74, 6) is 0. The van der Waals surface area contributed by atoms with Crippen LogP contribution in [0.4, 0.5) is 0 Å². The van der Waals surface area contributed by atoms with E-state index in [-0.39, 0.29) is 13.2 Å². The van der Waals surface area contributed by atoms with Crippen molar-refractivity contribution in [2.45, 2.75) is 49.2 Å². The van der Waals surface area contributed by atoms with Crippen molar-refractivity contribution in [2.75, 3.05) is 13.2 Å². The smallest absolute Gasteiger partial charge is 0.186 e. The maximum Gasteiger partial charge on any atom is 0.186 e. The van der Waals surface area contributed by atoms with Gasteiger partial charge < -0.3 is 44.8 Å². The van der Waals surface area contributed by atoms with Gasteiger partial charge in [0, 0.05) is 0 Å². The van der Waals surface area contributed by atoms with Crippen LogP contribution >= 0.6 is 0 Å². The molecule has 19 heavy (non-hydrogen) atoms. The summed E-state index contributed by atoms with van der Waals surface area (Å²) < 4.78 is 14.8. The first-order chi connectivity index (χ1) is 8.91. The highest BCUT2D eigenvalue weighted by molar-refractivity contribution is 4.87. The molecule has 0 aliphatic carbocycles. The number of hydrogen-bond acceptors (Lipinski definition) is 9. The lowest BCUT2D eigenvalue weighted by Crippen LogP contribution is -2.60. The predicted octanol–water partition coefficient (Wildman–Crippen LogP) is -4.12. The minimum absolute atomic E-state index is 0.253. The Labute approximate surface area is 108 Å². The third-order valence-corrected chi connectivity index (χ3v) is 3.19. The zero-order valence-electron chi connectivity index (χ0n) is 9.94. The Bertz CT molecular complexity index is 301. The number of aliphatic hydroxyl groups is 6. The third-order valence-electron chi connectivity index (χ3n) is 3.19. The lowest BCUT2D eigenvalue weighted by molar-refractivity contribution is -0.329. The Hall–Kier alpha value is -0.360. The summed E-state index contributed by atoms with van der Waals surface area (Å²) in [7, 11) is 0. The molecule has 0 bridgehead atoms. The lowest BCUT2D eigenvalue weighted by atomic mass is 10.0. The van der Waals surface area contributed by atoms with Crippen LogP contribution in [0.5, 0.6) is 0 Å². The van der Waals surface area contributed by atoms with Crippen molar-refractivity contribution in [3.8, 4) is 0 Å². The van der Waals surface area contributed by atoms with Crippen molar-refractivity contribution in [3.63, 3.8) is 0 Å². The maximum absolute atomic E-state index is 9.66. The molecule has 6 N–H and O–H groups in total. The van der Waals surface area contributed by atoms with Crippen molar-refractivity contribution >= 4 is 0 Å². The summed E-state index contributed by atoms with van der Waals surface area (Å²) in [4.78, 5) is 0. The Kier molecular flexibility index (Phi) is 4.71. The molecule has 0 spiro atoms. The second-order valence-electron chi connectivity index (χ2n) is 4.63. The van der Waals surface area contributed by atoms with E-state index >= 15 is 0 Å². The van der Waals surface area contributed by atoms with Crippen molar-refractivity contribution in [3.05, 3.63) is 0 Å². The van der Waals surface area contributed by atoms with Gasteiger partial charge in [-0.25, -0.2) is 0 Å². The Morgan fingerprint density at radius 3 is 2.05 bits per heavy atom. The minimum atomic E-state index is -1.54. The third kappa shape index (κ3) is 3.05. The van der Waals surface area contributed by atoms with Crippen molar-refractivity contribution in [2.24, 2.45) is 0 Å². The van der Waals surface area contributed by atoms with E-state index in [1.54, 1.807) is 0 Å². The van der Waals surface area contributed by atoms with Crippen molar-refractivity contribution < 1.29 is 44.8 Å². The van der Waals surface area contributed by atoms with Crippen LogP contribution in [0.1, 0.15) is 0 Å². The van der Waals surface area contributed by atoms with Crippen LogP contribution in [0.15, 0.2) is 0 Å². The van der Waals surface area contributed by atoms with E-state index in [0.29, 0.717) is 0 Å². The van der Waals surface area contributed by atoms with Crippen molar-refractivity contribution in [1.29, 1.82) is 0 Å². The summed E-state index contributed by atoms with van der Waals surface area (Å²) >= 11 is 0. The average molecular weight is 282 g/mol. The fraction of sp³-hybridized carbons (Fsp3) is 1.00. The topological polar surface area (TPSA) is 149 Å². The monoisotopic (exact) mass is 282 g/mol. The Balaban J connectivity index is 1.99. The van der Waals surface area contributed by atoms with E-state index in [2.05, 4.69) is 4.74 Å². The minimum Gasteiger partial charge on any atom is -0.388 e. The summed E-state index contributed by atoms with van der Waals surface area (Å²) in [6, 6.07) is 0. The number of ether oxygens (including phenoxy) is 3. The number of aliphatic hydroxyl groups excluding tert-OH is 6. The van der Waals surface area contributed by atoms with Crippen LogP contribution in [-0.4, -0.2) is 93.1 Å². The van der Waals surface area contributed by atoms with Gasteiger partial charge in [0.2, 0.25) is 0 Å². The fourth-order valence-electron chi connectivity index (χ4n) is 2.01. The molecule has 112 valence electrons. The fourth-order valence-corrected chi connectivity index (χ4v) is 2.01. The second kappa shape index (κ2) is 5.95. The molecule has 0 unspecified atom stereocenters. The molecule has 2 aliphatic rings. The highest BCUT2D eigenvalue weighted by atomic mass is 16.7. The molecule has 2 fully saturated rings. The van der Waals surface area contributed by atoms with Crippen LogP contribution in [-0.2, 0) is 14.2 Å². The quantitative estimate of drug-likeness (QED) is 0.297. The molecule has 2 aliphatic heterocycles. The zero-order valence-corrected chi connectivity index (χ0v) is 9.94. The van der Waals surface area contributed by atoms with E-state index in [9.17, 15) is 30.6 Å². The number of rotatable bonds is 2. The van der Waals surface area contributed by atoms with Gasteiger partial charge in [-0.05, 0) is 0 Å². The van der Waals surface area contributed by atoms with Crippen molar-refractivity contribution in [1.82, 2.24) is 0 Å².